The van der Waals surface area contributed by atoms with E-state index in [1.807, 2.05) is 5.92 Å². The van der Waals surface area contributed by atoms with E-state index in [-0.39, 0.29) is 4.90 Å². The van der Waals surface area contributed by atoms with E-state index in [0.29, 0.717) is 0 Å². The number of terminal acetylenes is 1. The van der Waals surface area contributed by atoms with Gasteiger partial charge in [0.05, 0.1) is 10.5 Å². The van der Waals surface area contributed by atoms with Crippen molar-refractivity contribution in [2.45, 2.75) is 4.90 Å². The third-order valence-electron chi connectivity index (χ3n) is 1.80. The number of carbonyl (C=O) groups is 1. The van der Waals surface area contributed by atoms with Gasteiger partial charge in [-0.15, -0.1) is 6.42 Å². The summed E-state index contributed by atoms with van der Waals surface area (Å²) < 4.78 is 35.9. The molecule has 1 aromatic carbocycles. The van der Waals surface area contributed by atoms with Crippen molar-refractivity contribution in [1.29, 1.82) is 0 Å². The van der Waals surface area contributed by atoms with Crippen LogP contribution in [0.1, 0.15) is 10.4 Å². The number of carboxylic acids is 1. The second-order valence-corrected chi connectivity index (χ2v) is 4.90. The molecule has 0 aromatic heterocycles. The molecule has 16 heavy (non-hydrogen) atoms. The van der Waals surface area contributed by atoms with Crippen LogP contribution in [0, 0.1) is 18.2 Å². The quantitative estimate of drug-likeness (QED) is 0.632. The van der Waals surface area contributed by atoms with Crippen LogP contribution in [-0.4, -0.2) is 25.2 Å². The molecule has 0 aliphatic heterocycles. The molecule has 0 amide bonds. The van der Waals surface area contributed by atoms with Crippen molar-refractivity contribution >= 4 is 15.8 Å². The Morgan fingerprint density at radius 2 is 2.12 bits per heavy atom. The maximum absolute atomic E-state index is 13.0. The Morgan fingerprint density at radius 1 is 1.50 bits per heavy atom. The van der Waals surface area contributed by atoms with Gasteiger partial charge in [0.25, 0.3) is 0 Å². The Kier molecular flexibility index (Phi) is 3.30. The molecule has 4 nitrogen and oxygen atoms in total. The largest absolute Gasteiger partial charge is 0.478 e. The van der Waals surface area contributed by atoms with Crippen LogP contribution < -0.4 is 0 Å². The number of hydrogen-bond acceptors (Lipinski definition) is 3. The molecular weight excluding hydrogens is 235 g/mol. The summed E-state index contributed by atoms with van der Waals surface area (Å²) in [6.45, 7) is 0. The molecule has 0 atom stereocenters. The molecule has 0 aliphatic carbocycles. The van der Waals surface area contributed by atoms with E-state index >= 15 is 0 Å². The van der Waals surface area contributed by atoms with Crippen molar-refractivity contribution in [3.63, 3.8) is 0 Å². The standard InChI is InChI=1S/C10H7FO4S/c1-2-5-16(14,15)7-3-4-9(11)8(6-7)10(12)13/h1,3-4,6H,5H2,(H,12,13). The smallest absolute Gasteiger partial charge is 0.338 e. The van der Waals surface area contributed by atoms with E-state index in [0.717, 1.165) is 18.2 Å². The highest BCUT2D eigenvalue weighted by Gasteiger charge is 2.18. The molecule has 0 heterocycles. The summed E-state index contributed by atoms with van der Waals surface area (Å²) in [5.74, 6) is -1.14. The average molecular weight is 242 g/mol. The van der Waals surface area contributed by atoms with Crippen molar-refractivity contribution in [1.82, 2.24) is 0 Å². The van der Waals surface area contributed by atoms with Gasteiger partial charge < -0.3 is 5.11 Å². The molecule has 6 heteroatoms. The second-order valence-electron chi connectivity index (χ2n) is 2.91. The van der Waals surface area contributed by atoms with Crippen molar-refractivity contribution in [3.05, 3.63) is 29.6 Å². The highest BCUT2D eigenvalue weighted by Crippen LogP contribution is 2.16. The minimum Gasteiger partial charge on any atom is -0.478 e. The monoisotopic (exact) mass is 242 g/mol. The van der Waals surface area contributed by atoms with E-state index in [2.05, 4.69) is 0 Å². The maximum Gasteiger partial charge on any atom is 0.338 e. The number of benzene rings is 1. The first kappa shape index (κ1) is 12.2. The Hall–Kier alpha value is -1.87. The van der Waals surface area contributed by atoms with Crippen LogP contribution >= 0.6 is 0 Å². The highest BCUT2D eigenvalue weighted by molar-refractivity contribution is 7.91. The molecule has 1 N–H and O–H groups in total. The van der Waals surface area contributed by atoms with E-state index in [1.165, 1.54) is 0 Å². The van der Waals surface area contributed by atoms with E-state index in [4.69, 9.17) is 11.5 Å². The summed E-state index contributed by atoms with van der Waals surface area (Å²) >= 11 is 0. The minimum atomic E-state index is -3.75. The van der Waals surface area contributed by atoms with Gasteiger partial charge in [-0.3, -0.25) is 0 Å². The Balaban J connectivity index is 3.35. The van der Waals surface area contributed by atoms with Crippen LogP contribution in [0.25, 0.3) is 0 Å². The van der Waals surface area contributed by atoms with Crippen molar-refractivity contribution in [2.75, 3.05) is 5.75 Å². The minimum absolute atomic E-state index is 0.302. The molecule has 0 saturated heterocycles. The molecule has 0 bridgehead atoms. The third-order valence-corrected chi connectivity index (χ3v) is 3.32. The Labute approximate surface area is 91.6 Å². The van der Waals surface area contributed by atoms with Gasteiger partial charge in [-0.05, 0) is 18.2 Å². The number of rotatable bonds is 3. The third kappa shape index (κ3) is 2.38. The van der Waals surface area contributed by atoms with Gasteiger partial charge in [0, 0.05) is 0 Å². The SMILES string of the molecule is C#CCS(=O)(=O)c1ccc(F)c(C(=O)O)c1. The first-order valence-corrected chi connectivity index (χ1v) is 5.73. The van der Waals surface area contributed by atoms with Crippen LogP contribution in [-0.2, 0) is 9.84 Å². The van der Waals surface area contributed by atoms with Crippen LogP contribution in [0.4, 0.5) is 4.39 Å². The van der Waals surface area contributed by atoms with E-state index < -0.39 is 32.9 Å². The van der Waals surface area contributed by atoms with E-state index in [9.17, 15) is 17.6 Å². The fourth-order valence-corrected chi connectivity index (χ4v) is 2.01. The molecule has 0 aliphatic rings. The van der Waals surface area contributed by atoms with Gasteiger partial charge in [0.2, 0.25) is 0 Å². The van der Waals surface area contributed by atoms with Crippen molar-refractivity contribution in [3.8, 4) is 12.3 Å². The average Bonchev–Trinajstić information content (AvgIpc) is 2.17. The lowest BCUT2D eigenvalue weighted by Crippen LogP contribution is -2.08. The normalized spacial score (nSPS) is 10.8. The molecule has 0 radical (unpaired) electrons. The van der Waals surface area contributed by atoms with Gasteiger partial charge in [0.15, 0.2) is 9.84 Å². The lowest BCUT2D eigenvalue weighted by atomic mass is 10.2. The molecule has 1 rings (SSSR count). The zero-order valence-electron chi connectivity index (χ0n) is 7.97. The summed E-state index contributed by atoms with van der Waals surface area (Å²) in [6.07, 6.45) is 4.86. The van der Waals surface area contributed by atoms with Crippen molar-refractivity contribution in [2.24, 2.45) is 0 Å². The zero-order valence-corrected chi connectivity index (χ0v) is 8.79. The van der Waals surface area contributed by atoms with Gasteiger partial charge in [0.1, 0.15) is 11.6 Å². The van der Waals surface area contributed by atoms with E-state index in [1.54, 1.807) is 0 Å². The van der Waals surface area contributed by atoms with Gasteiger partial charge >= 0.3 is 5.97 Å². The Bertz CT molecular complexity index is 569. The molecule has 0 saturated carbocycles. The lowest BCUT2D eigenvalue weighted by Gasteiger charge is -2.02. The maximum atomic E-state index is 13.0. The topological polar surface area (TPSA) is 71.4 Å². The first-order valence-electron chi connectivity index (χ1n) is 4.07. The number of aromatic carboxylic acids is 1. The number of halogens is 1. The van der Waals surface area contributed by atoms with Crippen LogP contribution in [0.2, 0.25) is 0 Å². The van der Waals surface area contributed by atoms with Crippen molar-refractivity contribution < 1.29 is 22.7 Å². The number of sulfone groups is 1. The summed E-state index contributed by atoms with van der Waals surface area (Å²) in [5, 5.41) is 8.61. The molecule has 1 aromatic rings. The fraction of sp³-hybridized carbons (Fsp3) is 0.100. The summed E-state index contributed by atoms with van der Waals surface area (Å²) in [7, 11) is -3.75. The second kappa shape index (κ2) is 4.33. The Morgan fingerprint density at radius 3 is 2.62 bits per heavy atom. The first-order chi connectivity index (χ1) is 7.38. The number of carboxylic acid groups (broad SMARTS) is 1. The fourth-order valence-electron chi connectivity index (χ4n) is 1.05. The van der Waals surface area contributed by atoms with Crippen LogP contribution in [0.3, 0.4) is 0 Å². The van der Waals surface area contributed by atoms with Gasteiger partial charge in [-0.2, -0.15) is 0 Å². The summed E-state index contributed by atoms with van der Waals surface area (Å²) in [4.78, 5) is 10.3. The lowest BCUT2D eigenvalue weighted by molar-refractivity contribution is 0.0691. The zero-order chi connectivity index (χ0) is 12.3. The molecular formula is C10H7FO4S. The van der Waals surface area contributed by atoms with Crippen LogP contribution in [0.15, 0.2) is 23.1 Å². The van der Waals surface area contributed by atoms with Crippen LogP contribution in [0.5, 0.6) is 0 Å². The predicted molar refractivity (Wildman–Crippen MR) is 54.2 cm³/mol. The molecule has 84 valence electrons. The molecule has 0 fully saturated rings. The van der Waals surface area contributed by atoms with Gasteiger partial charge in [-0.1, -0.05) is 5.92 Å². The molecule has 0 unspecified atom stereocenters. The predicted octanol–water partition coefficient (Wildman–Crippen LogP) is 0.931. The number of hydrogen-bond donors (Lipinski definition) is 1. The summed E-state index contributed by atoms with van der Waals surface area (Å²) in [6, 6.07) is 2.52. The van der Waals surface area contributed by atoms with Gasteiger partial charge in [-0.25, -0.2) is 17.6 Å². The molecule has 0 spiro atoms. The summed E-state index contributed by atoms with van der Waals surface area (Å²) in [5.41, 5.74) is -0.696. The highest BCUT2D eigenvalue weighted by atomic mass is 32.2.